The number of benzene rings is 1. The van der Waals surface area contributed by atoms with Crippen molar-refractivity contribution in [2.75, 3.05) is 5.32 Å². The van der Waals surface area contributed by atoms with Gasteiger partial charge < -0.3 is 5.32 Å². The van der Waals surface area contributed by atoms with Crippen molar-refractivity contribution in [3.63, 3.8) is 0 Å². The molecule has 0 spiro atoms. The van der Waals surface area contributed by atoms with Crippen LogP contribution >= 0.6 is 0 Å². The van der Waals surface area contributed by atoms with Crippen LogP contribution in [0.3, 0.4) is 0 Å². The first-order chi connectivity index (χ1) is 12.8. The third kappa shape index (κ3) is 3.96. The fraction of sp³-hybridized carbons (Fsp3) is 0.421. The Morgan fingerprint density at radius 1 is 1.11 bits per heavy atom. The Labute approximate surface area is 159 Å². The zero-order valence-corrected chi connectivity index (χ0v) is 16.2. The lowest BCUT2D eigenvalue weighted by Crippen LogP contribution is -2.41. The molecule has 1 N–H and O–H groups in total. The maximum absolute atomic E-state index is 13.1. The largest absolute Gasteiger partial charge is 0.416 e. The van der Waals surface area contributed by atoms with Crippen LogP contribution < -0.4 is 16.6 Å². The van der Waals surface area contributed by atoms with Crippen LogP contribution in [0.15, 0.2) is 33.9 Å². The molecule has 150 valence electrons. The quantitative estimate of drug-likeness (QED) is 0.867. The van der Waals surface area contributed by atoms with Crippen LogP contribution in [0.4, 0.5) is 19.0 Å². The first kappa shape index (κ1) is 21.3. The summed E-state index contributed by atoms with van der Waals surface area (Å²) in [7, 11) is 2.64. The molecule has 0 fully saturated rings. The number of hydrogen-bond donors (Lipinski definition) is 1. The van der Waals surface area contributed by atoms with Crippen molar-refractivity contribution in [3.8, 4) is 6.07 Å². The van der Waals surface area contributed by atoms with Gasteiger partial charge in [0.25, 0.3) is 5.56 Å². The molecule has 2 aromatic rings. The molecule has 0 saturated carbocycles. The highest BCUT2D eigenvalue weighted by Crippen LogP contribution is 2.38. The van der Waals surface area contributed by atoms with Gasteiger partial charge in [0.2, 0.25) is 0 Å². The van der Waals surface area contributed by atoms with E-state index in [-0.39, 0.29) is 11.4 Å². The smallest absolute Gasteiger partial charge is 0.363 e. The molecule has 0 bridgehead atoms. The number of nitrogens with zero attached hydrogens (tertiary/aromatic N) is 3. The van der Waals surface area contributed by atoms with Gasteiger partial charge in [-0.2, -0.15) is 18.4 Å². The number of rotatable bonds is 3. The van der Waals surface area contributed by atoms with E-state index >= 15 is 0 Å². The summed E-state index contributed by atoms with van der Waals surface area (Å²) in [6.45, 7) is 5.41. The first-order valence-corrected chi connectivity index (χ1v) is 8.43. The van der Waals surface area contributed by atoms with Crippen LogP contribution in [0.25, 0.3) is 0 Å². The lowest BCUT2D eigenvalue weighted by Gasteiger charge is -2.34. The van der Waals surface area contributed by atoms with E-state index in [2.05, 4.69) is 5.32 Å². The Balaban J connectivity index is 2.69. The Morgan fingerprint density at radius 2 is 1.71 bits per heavy atom. The molecular formula is C19H21F3N4O2. The van der Waals surface area contributed by atoms with Crippen LogP contribution in [0.1, 0.15) is 43.5 Å². The molecule has 0 aliphatic carbocycles. The van der Waals surface area contributed by atoms with E-state index in [1.165, 1.54) is 26.2 Å². The number of halogens is 3. The highest BCUT2D eigenvalue weighted by atomic mass is 19.4. The molecule has 1 atom stereocenters. The first-order valence-electron chi connectivity index (χ1n) is 8.43. The lowest BCUT2D eigenvalue weighted by atomic mass is 9.81. The van der Waals surface area contributed by atoms with Gasteiger partial charge in [-0.05, 0) is 23.1 Å². The van der Waals surface area contributed by atoms with Gasteiger partial charge in [0.15, 0.2) is 5.56 Å². The minimum Gasteiger partial charge on any atom is -0.363 e. The Bertz CT molecular complexity index is 1050. The summed E-state index contributed by atoms with van der Waals surface area (Å²) in [4.78, 5) is 24.5. The normalized spacial score (nSPS) is 13.1. The maximum Gasteiger partial charge on any atom is 0.416 e. The molecule has 6 nitrogen and oxygen atoms in total. The monoisotopic (exact) mass is 394 g/mol. The van der Waals surface area contributed by atoms with E-state index in [1.54, 1.807) is 26.8 Å². The second-order valence-electron chi connectivity index (χ2n) is 7.61. The molecule has 0 saturated heterocycles. The Kier molecular flexibility index (Phi) is 5.46. The van der Waals surface area contributed by atoms with E-state index in [9.17, 15) is 28.0 Å². The van der Waals surface area contributed by atoms with Crippen LogP contribution in [0.2, 0.25) is 0 Å². The van der Waals surface area contributed by atoms with Gasteiger partial charge in [0, 0.05) is 14.1 Å². The predicted octanol–water partition coefficient (Wildman–Crippen LogP) is 3.17. The van der Waals surface area contributed by atoms with Gasteiger partial charge in [0.1, 0.15) is 11.9 Å². The van der Waals surface area contributed by atoms with Gasteiger partial charge in [-0.1, -0.05) is 32.9 Å². The van der Waals surface area contributed by atoms with Crippen LogP contribution in [-0.4, -0.2) is 9.13 Å². The molecular weight excluding hydrogens is 373 g/mol. The van der Waals surface area contributed by atoms with Crippen molar-refractivity contribution < 1.29 is 13.2 Å². The molecule has 0 aliphatic heterocycles. The number of alkyl halides is 3. The summed E-state index contributed by atoms with van der Waals surface area (Å²) in [5.41, 5.74) is -2.80. The van der Waals surface area contributed by atoms with Gasteiger partial charge >= 0.3 is 11.9 Å². The zero-order valence-electron chi connectivity index (χ0n) is 16.2. The summed E-state index contributed by atoms with van der Waals surface area (Å²) in [5.74, 6) is -0.0343. The van der Waals surface area contributed by atoms with Crippen molar-refractivity contribution >= 4 is 5.82 Å². The fourth-order valence-electron chi connectivity index (χ4n) is 2.95. The molecule has 0 radical (unpaired) electrons. The molecule has 28 heavy (non-hydrogen) atoms. The van der Waals surface area contributed by atoms with E-state index in [0.29, 0.717) is 5.56 Å². The standard InChI is InChI=1S/C19H21F3N4O2/c1-18(2,3)14(11-7-6-8-12(9-11)19(20,21)22)24-15-13(10-23)16(27)26(5)17(28)25(15)4/h6-9,14,24H,1-5H3. The minimum absolute atomic E-state index is 0.0343. The minimum atomic E-state index is -4.51. The van der Waals surface area contributed by atoms with Crippen LogP contribution in [0.5, 0.6) is 0 Å². The number of nitriles is 1. The Morgan fingerprint density at radius 3 is 2.21 bits per heavy atom. The van der Waals surface area contributed by atoms with Crippen molar-refractivity contribution in [2.24, 2.45) is 19.5 Å². The molecule has 1 unspecified atom stereocenters. The summed E-state index contributed by atoms with van der Waals surface area (Å²) in [6.07, 6.45) is -4.51. The average molecular weight is 394 g/mol. The topological polar surface area (TPSA) is 79.8 Å². The third-order valence-corrected chi connectivity index (χ3v) is 4.47. The molecule has 1 aromatic heterocycles. The lowest BCUT2D eigenvalue weighted by molar-refractivity contribution is -0.137. The molecule has 0 amide bonds. The highest BCUT2D eigenvalue weighted by Gasteiger charge is 2.33. The summed E-state index contributed by atoms with van der Waals surface area (Å²) < 4.78 is 41.3. The number of hydrogen-bond acceptors (Lipinski definition) is 4. The summed E-state index contributed by atoms with van der Waals surface area (Å²) in [6, 6.07) is 5.89. The number of anilines is 1. The van der Waals surface area contributed by atoms with E-state index < -0.39 is 34.4 Å². The molecule has 1 aromatic carbocycles. The molecule has 2 rings (SSSR count). The fourth-order valence-corrected chi connectivity index (χ4v) is 2.95. The highest BCUT2D eigenvalue weighted by molar-refractivity contribution is 5.53. The second kappa shape index (κ2) is 7.19. The van der Waals surface area contributed by atoms with Gasteiger partial charge in [-0.15, -0.1) is 0 Å². The number of nitrogens with one attached hydrogen (secondary N) is 1. The summed E-state index contributed by atoms with van der Waals surface area (Å²) in [5, 5.41) is 12.4. The third-order valence-electron chi connectivity index (χ3n) is 4.47. The zero-order chi connectivity index (χ0) is 21.4. The van der Waals surface area contributed by atoms with Crippen LogP contribution in [-0.2, 0) is 20.3 Å². The average Bonchev–Trinajstić information content (AvgIpc) is 2.60. The number of aromatic nitrogens is 2. The van der Waals surface area contributed by atoms with Crippen molar-refractivity contribution in [3.05, 3.63) is 61.8 Å². The second-order valence-corrected chi connectivity index (χ2v) is 7.61. The Hall–Kier alpha value is -3.02. The molecule has 0 aliphatic rings. The van der Waals surface area contributed by atoms with Gasteiger partial charge in [-0.3, -0.25) is 13.9 Å². The van der Waals surface area contributed by atoms with Crippen molar-refractivity contribution in [2.45, 2.75) is 33.0 Å². The van der Waals surface area contributed by atoms with Gasteiger partial charge in [0.05, 0.1) is 11.6 Å². The predicted molar refractivity (Wildman–Crippen MR) is 98.9 cm³/mol. The van der Waals surface area contributed by atoms with Crippen LogP contribution in [0, 0.1) is 16.7 Å². The molecule has 1 heterocycles. The van der Waals surface area contributed by atoms with Gasteiger partial charge in [-0.25, -0.2) is 4.79 Å². The van der Waals surface area contributed by atoms with Crippen molar-refractivity contribution in [1.29, 1.82) is 5.26 Å². The SMILES string of the molecule is Cn1c(NC(c2cccc(C(F)(F)F)c2)C(C)(C)C)c(C#N)c(=O)n(C)c1=O. The maximum atomic E-state index is 13.1. The van der Waals surface area contributed by atoms with E-state index in [1.807, 2.05) is 0 Å². The van der Waals surface area contributed by atoms with E-state index in [0.717, 1.165) is 21.3 Å². The molecule has 9 heteroatoms. The van der Waals surface area contributed by atoms with Crippen molar-refractivity contribution in [1.82, 2.24) is 9.13 Å². The summed E-state index contributed by atoms with van der Waals surface area (Å²) >= 11 is 0. The van der Waals surface area contributed by atoms with E-state index in [4.69, 9.17) is 0 Å².